The molecule has 0 bridgehead atoms. The molecule has 1 saturated heterocycles. The van der Waals surface area contributed by atoms with Crippen LogP contribution in [0.15, 0.2) is 28.7 Å². The van der Waals surface area contributed by atoms with Gasteiger partial charge in [0.25, 0.3) is 0 Å². The van der Waals surface area contributed by atoms with Crippen molar-refractivity contribution in [3.05, 3.63) is 35.6 Å². The van der Waals surface area contributed by atoms with Gasteiger partial charge in [-0.25, -0.2) is 4.79 Å². The van der Waals surface area contributed by atoms with Gasteiger partial charge in [-0.3, -0.25) is 9.69 Å². The summed E-state index contributed by atoms with van der Waals surface area (Å²) in [5, 5.41) is 12.8. The van der Waals surface area contributed by atoms with Crippen LogP contribution in [0.2, 0.25) is 0 Å². The van der Waals surface area contributed by atoms with E-state index < -0.39 is 5.97 Å². The van der Waals surface area contributed by atoms with E-state index in [1.54, 1.807) is 16.8 Å². The highest BCUT2D eigenvalue weighted by Gasteiger charge is 2.25. The average Bonchev–Trinajstić information content (AvgIpc) is 2.95. The Morgan fingerprint density at radius 2 is 2.15 bits per heavy atom. The van der Waals surface area contributed by atoms with Crippen molar-refractivity contribution in [2.45, 2.75) is 19.6 Å². The summed E-state index contributed by atoms with van der Waals surface area (Å²) in [6.07, 6.45) is -0.207. The molecule has 0 radical (unpaired) electrons. The third-order valence-corrected chi connectivity index (χ3v) is 4.69. The molecule has 1 aliphatic heterocycles. The number of carboxylic acids is 1. The first kappa shape index (κ1) is 19.2. The average molecular weight is 375 g/mol. The second kappa shape index (κ2) is 8.41. The summed E-state index contributed by atoms with van der Waals surface area (Å²) in [6, 6.07) is 7.61. The van der Waals surface area contributed by atoms with Gasteiger partial charge in [0, 0.05) is 30.6 Å². The number of carboxylic acid groups (broad SMARTS) is 1. The van der Waals surface area contributed by atoms with E-state index in [0.717, 1.165) is 22.3 Å². The van der Waals surface area contributed by atoms with Gasteiger partial charge < -0.3 is 24.5 Å². The zero-order valence-electron chi connectivity index (χ0n) is 15.6. The van der Waals surface area contributed by atoms with Crippen LogP contribution in [0.25, 0.3) is 11.0 Å². The molecule has 8 nitrogen and oxygen atoms in total. The van der Waals surface area contributed by atoms with E-state index in [4.69, 9.17) is 14.3 Å². The molecule has 3 rings (SSSR count). The lowest BCUT2D eigenvalue weighted by molar-refractivity contribution is -0.138. The maximum atomic E-state index is 12.5. The Morgan fingerprint density at radius 1 is 1.37 bits per heavy atom. The van der Waals surface area contributed by atoms with Crippen molar-refractivity contribution < 1.29 is 23.8 Å². The van der Waals surface area contributed by atoms with E-state index >= 15 is 0 Å². The number of urea groups is 1. The fourth-order valence-electron chi connectivity index (χ4n) is 3.32. The Hall–Kier alpha value is -2.58. The molecule has 0 spiro atoms. The van der Waals surface area contributed by atoms with Crippen LogP contribution in [0.1, 0.15) is 11.3 Å². The van der Waals surface area contributed by atoms with Crippen LogP contribution >= 0.6 is 0 Å². The number of fused-ring (bicyclic) bond motifs is 1. The Bertz CT molecular complexity index is 819. The number of ether oxygens (including phenoxy) is 1. The number of nitrogens with one attached hydrogen (secondary N) is 1. The third kappa shape index (κ3) is 4.78. The van der Waals surface area contributed by atoms with E-state index in [2.05, 4.69) is 5.32 Å². The first-order valence-electron chi connectivity index (χ1n) is 8.95. The van der Waals surface area contributed by atoms with Gasteiger partial charge in [-0.15, -0.1) is 0 Å². The number of aliphatic carboxylic acids is 1. The summed E-state index contributed by atoms with van der Waals surface area (Å²) in [5.41, 5.74) is 1.84. The highest BCUT2D eigenvalue weighted by molar-refractivity contribution is 5.82. The van der Waals surface area contributed by atoms with Gasteiger partial charge in [-0.2, -0.15) is 0 Å². The topological polar surface area (TPSA) is 95.3 Å². The predicted molar refractivity (Wildman–Crippen MR) is 99.6 cm³/mol. The van der Waals surface area contributed by atoms with E-state index in [0.29, 0.717) is 32.8 Å². The minimum absolute atomic E-state index is 0.0581. The van der Waals surface area contributed by atoms with Crippen LogP contribution in [-0.2, 0) is 16.1 Å². The molecule has 0 aliphatic carbocycles. The summed E-state index contributed by atoms with van der Waals surface area (Å²) in [5.74, 6) is -0.139. The molecule has 2 aromatic rings. The number of nitrogens with zero attached hydrogens (tertiary/aromatic N) is 2. The number of morpholine rings is 1. The molecule has 2 amide bonds. The number of likely N-dealkylation sites (N-methyl/N-ethyl adjacent to an activating group) is 1. The molecule has 1 atom stereocenters. The predicted octanol–water partition coefficient (Wildman–Crippen LogP) is 1.67. The van der Waals surface area contributed by atoms with Crippen molar-refractivity contribution in [1.82, 2.24) is 15.1 Å². The molecule has 2 N–H and O–H groups in total. The number of amides is 2. The third-order valence-electron chi connectivity index (χ3n) is 4.69. The smallest absolute Gasteiger partial charge is 0.317 e. The molecular formula is C19H25N3O5. The largest absolute Gasteiger partial charge is 0.480 e. The number of hydrogen-bond donors (Lipinski definition) is 2. The number of rotatable bonds is 6. The van der Waals surface area contributed by atoms with Crippen LogP contribution in [0.4, 0.5) is 4.79 Å². The van der Waals surface area contributed by atoms with E-state index in [1.807, 2.05) is 31.2 Å². The minimum Gasteiger partial charge on any atom is -0.480 e. The van der Waals surface area contributed by atoms with E-state index in [-0.39, 0.29) is 18.7 Å². The van der Waals surface area contributed by atoms with Crippen LogP contribution in [-0.4, -0.2) is 72.8 Å². The Morgan fingerprint density at radius 3 is 2.89 bits per heavy atom. The van der Waals surface area contributed by atoms with Gasteiger partial charge in [-0.05, 0) is 20.0 Å². The number of furan rings is 1. The molecule has 27 heavy (non-hydrogen) atoms. The van der Waals surface area contributed by atoms with Crippen LogP contribution in [0.5, 0.6) is 0 Å². The van der Waals surface area contributed by atoms with Gasteiger partial charge in [0.1, 0.15) is 11.3 Å². The quantitative estimate of drug-likeness (QED) is 0.797. The maximum Gasteiger partial charge on any atom is 0.317 e. The number of aryl methyl sites for hydroxylation is 1. The first-order chi connectivity index (χ1) is 12.9. The van der Waals surface area contributed by atoms with Crippen molar-refractivity contribution in [2.75, 3.05) is 39.8 Å². The molecule has 0 saturated carbocycles. The van der Waals surface area contributed by atoms with Crippen molar-refractivity contribution in [3.63, 3.8) is 0 Å². The van der Waals surface area contributed by atoms with Crippen molar-refractivity contribution in [2.24, 2.45) is 0 Å². The molecule has 1 aromatic heterocycles. The lowest BCUT2D eigenvalue weighted by atomic mass is 10.1. The van der Waals surface area contributed by atoms with Crippen molar-refractivity contribution in [3.8, 4) is 0 Å². The summed E-state index contributed by atoms with van der Waals surface area (Å²) in [7, 11) is 1.72. The first-order valence-corrected chi connectivity index (χ1v) is 8.95. The number of benzene rings is 1. The molecule has 8 heteroatoms. The number of carbonyl (C=O) groups is 2. The van der Waals surface area contributed by atoms with Gasteiger partial charge >= 0.3 is 12.0 Å². The van der Waals surface area contributed by atoms with Crippen molar-refractivity contribution >= 4 is 23.0 Å². The summed E-state index contributed by atoms with van der Waals surface area (Å²) < 4.78 is 11.5. The zero-order valence-corrected chi connectivity index (χ0v) is 15.6. The lowest BCUT2D eigenvalue weighted by Crippen LogP contribution is -2.52. The standard InChI is InChI=1S/C19H25N3O5/c1-13-15-5-3-4-6-16(15)27-17(13)9-20-19(25)22-7-8-26-14(11-22)10-21(2)12-18(23)24/h3-6,14H,7-12H2,1-2H3,(H,20,25)(H,23,24). The SMILES string of the molecule is Cc1c(CNC(=O)N2CCOC(CN(C)CC(=O)O)C2)oc2ccccc12. The van der Waals surface area contributed by atoms with E-state index in [1.165, 1.54) is 0 Å². The molecule has 2 heterocycles. The number of hydrogen-bond acceptors (Lipinski definition) is 5. The molecule has 1 aromatic carbocycles. The molecule has 1 fully saturated rings. The van der Waals surface area contributed by atoms with Gasteiger partial charge in [0.2, 0.25) is 0 Å². The second-order valence-electron chi connectivity index (χ2n) is 6.83. The monoisotopic (exact) mass is 375 g/mol. The maximum absolute atomic E-state index is 12.5. The molecule has 146 valence electrons. The summed E-state index contributed by atoms with van der Waals surface area (Å²) in [4.78, 5) is 26.7. The van der Waals surface area contributed by atoms with Gasteiger partial charge in [0.05, 0.1) is 25.8 Å². The Balaban J connectivity index is 1.54. The molecular weight excluding hydrogens is 350 g/mol. The zero-order chi connectivity index (χ0) is 19.4. The minimum atomic E-state index is -0.885. The van der Waals surface area contributed by atoms with Crippen molar-refractivity contribution in [1.29, 1.82) is 0 Å². The van der Waals surface area contributed by atoms with Crippen LogP contribution < -0.4 is 5.32 Å². The fourth-order valence-corrected chi connectivity index (χ4v) is 3.32. The normalized spacial score (nSPS) is 17.4. The molecule has 1 unspecified atom stereocenters. The number of para-hydroxylation sites is 1. The highest BCUT2D eigenvalue weighted by atomic mass is 16.5. The Kier molecular flexibility index (Phi) is 5.98. The highest BCUT2D eigenvalue weighted by Crippen LogP contribution is 2.24. The van der Waals surface area contributed by atoms with E-state index in [9.17, 15) is 9.59 Å². The van der Waals surface area contributed by atoms with Gasteiger partial charge in [0.15, 0.2) is 0 Å². The summed E-state index contributed by atoms with van der Waals surface area (Å²) in [6.45, 7) is 4.06. The lowest BCUT2D eigenvalue weighted by Gasteiger charge is -2.34. The van der Waals surface area contributed by atoms with Crippen LogP contribution in [0, 0.1) is 6.92 Å². The fraction of sp³-hybridized carbons (Fsp3) is 0.474. The number of carbonyl (C=O) groups excluding carboxylic acids is 1. The van der Waals surface area contributed by atoms with Gasteiger partial charge in [-0.1, -0.05) is 18.2 Å². The summed E-state index contributed by atoms with van der Waals surface area (Å²) >= 11 is 0. The Labute approximate surface area is 157 Å². The second-order valence-corrected chi connectivity index (χ2v) is 6.83. The molecule has 1 aliphatic rings. The van der Waals surface area contributed by atoms with Crippen LogP contribution in [0.3, 0.4) is 0 Å².